The summed E-state index contributed by atoms with van der Waals surface area (Å²) >= 11 is 0. The Labute approximate surface area is 319 Å². The average Bonchev–Trinajstić information content (AvgIpc) is 3.75. The maximum absolute atomic E-state index is 5.10. The second-order valence-electron chi connectivity index (χ2n) is 14.8. The van der Waals surface area contributed by atoms with Crippen molar-refractivity contribution in [3.8, 4) is 56.0 Å². The summed E-state index contributed by atoms with van der Waals surface area (Å²) in [6.45, 7) is 0. The summed E-state index contributed by atoms with van der Waals surface area (Å²) in [6.07, 6.45) is 1.82. The van der Waals surface area contributed by atoms with Gasteiger partial charge in [0.05, 0.1) is 22.5 Å². The molecule has 254 valence electrons. The van der Waals surface area contributed by atoms with Crippen LogP contribution >= 0.6 is 0 Å². The molecule has 2 aliphatic carbocycles. The first kappa shape index (κ1) is 30.3. The van der Waals surface area contributed by atoms with Crippen LogP contribution in [0.5, 0.6) is 0 Å². The highest BCUT2D eigenvalue weighted by Crippen LogP contribution is 2.67. The Bertz CT molecular complexity index is 3170. The van der Waals surface area contributed by atoms with Gasteiger partial charge in [0.15, 0.2) is 0 Å². The van der Waals surface area contributed by atoms with E-state index in [9.17, 15) is 0 Å². The molecular formula is C53H32N2. The molecule has 0 amide bonds. The summed E-state index contributed by atoms with van der Waals surface area (Å²) in [5.74, 6) is 0. The van der Waals surface area contributed by atoms with Gasteiger partial charge >= 0.3 is 0 Å². The summed E-state index contributed by atoms with van der Waals surface area (Å²) in [5, 5.41) is 7.72. The van der Waals surface area contributed by atoms with E-state index in [0.717, 1.165) is 22.6 Å². The highest BCUT2D eigenvalue weighted by molar-refractivity contribution is 6.24. The smallest absolute Gasteiger partial charge is 0.0893 e. The first-order valence-corrected chi connectivity index (χ1v) is 19.0. The lowest BCUT2D eigenvalue weighted by atomic mass is 9.68. The van der Waals surface area contributed by atoms with E-state index in [0.29, 0.717) is 0 Å². The second kappa shape index (κ2) is 11.4. The molecule has 0 aliphatic heterocycles. The Kier molecular flexibility index (Phi) is 6.29. The molecule has 0 radical (unpaired) electrons. The van der Waals surface area contributed by atoms with Gasteiger partial charge in [-0.15, -0.1) is 0 Å². The van der Waals surface area contributed by atoms with Crippen molar-refractivity contribution >= 4 is 32.3 Å². The molecule has 2 heteroatoms. The molecule has 0 saturated carbocycles. The molecule has 8 aromatic carbocycles. The van der Waals surface area contributed by atoms with E-state index in [4.69, 9.17) is 4.98 Å². The molecule has 0 fully saturated rings. The molecule has 0 saturated heterocycles. The molecule has 2 aliphatic rings. The van der Waals surface area contributed by atoms with Crippen molar-refractivity contribution < 1.29 is 0 Å². The van der Waals surface area contributed by atoms with Crippen LogP contribution in [-0.2, 0) is 5.41 Å². The molecule has 12 rings (SSSR count). The number of nitrogens with zero attached hydrogens (tertiary/aromatic N) is 2. The summed E-state index contributed by atoms with van der Waals surface area (Å²) in [7, 11) is 0. The van der Waals surface area contributed by atoms with Crippen LogP contribution in [0, 0.1) is 0 Å². The standard InChI is InChI=1S/C53H32N2/c1-5-23-41-35(17-1)36-18-3-6-24-42(36)52-51(41)50-40-22-4-2-19-37(40)43(32-46(50)53(52)44-25-9-7-20-38(44)39-21-8-10-26-45(39)53)33-15-13-16-34(31-33)47-28-14-29-49(55-47)48-27-11-12-30-54-48/h1-32H. The molecule has 2 nitrogen and oxygen atoms in total. The van der Waals surface area contributed by atoms with Gasteiger partial charge in [0.1, 0.15) is 0 Å². The minimum atomic E-state index is -0.517. The van der Waals surface area contributed by atoms with Crippen LogP contribution < -0.4 is 0 Å². The number of hydrogen-bond donors (Lipinski definition) is 0. The van der Waals surface area contributed by atoms with Gasteiger partial charge in [-0.3, -0.25) is 4.98 Å². The third-order valence-corrected chi connectivity index (χ3v) is 12.1. The molecule has 2 aromatic heterocycles. The van der Waals surface area contributed by atoms with Crippen molar-refractivity contribution in [3.05, 3.63) is 217 Å². The van der Waals surface area contributed by atoms with E-state index in [1.54, 1.807) is 0 Å². The first-order chi connectivity index (χ1) is 27.3. The lowest BCUT2D eigenvalue weighted by Crippen LogP contribution is -2.26. The Morgan fingerprint density at radius 2 is 0.873 bits per heavy atom. The van der Waals surface area contributed by atoms with Crippen LogP contribution in [-0.4, -0.2) is 9.97 Å². The zero-order valence-electron chi connectivity index (χ0n) is 29.9. The zero-order valence-corrected chi connectivity index (χ0v) is 29.9. The molecular weight excluding hydrogens is 665 g/mol. The quantitative estimate of drug-likeness (QED) is 0.172. The summed E-state index contributed by atoms with van der Waals surface area (Å²) < 4.78 is 0. The Morgan fingerprint density at radius 3 is 1.60 bits per heavy atom. The van der Waals surface area contributed by atoms with Crippen LogP contribution in [0.4, 0.5) is 0 Å². The fraction of sp³-hybridized carbons (Fsp3) is 0.0189. The van der Waals surface area contributed by atoms with Crippen LogP contribution in [0.25, 0.3) is 88.3 Å². The molecule has 1 spiro atoms. The number of pyridine rings is 2. The highest BCUT2D eigenvalue weighted by Gasteiger charge is 2.53. The molecule has 0 atom stereocenters. The van der Waals surface area contributed by atoms with Crippen molar-refractivity contribution in [1.82, 2.24) is 9.97 Å². The largest absolute Gasteiger partial charge is 0.255 e. The summed E-state index contributed by atoms with van der Waals surface area (Å²) in [5.41, 5.74) is 16.3. The van der Waals surface area contributed by atoms with Gasteiger partial charge in [-0.1, -0.05) is 152 Å². The Morgan fingerprint density at radius 1 is 0.327 bits per heavy atom. The Hall–Kier alpha value is -7.16. The topological polar surface area (TPSA) is 25.8 Å². The van der Waals surface area contributed by atoms with Crippen molar-refractivity contribution in [3.63, 3.8) is 0 Å². The number of aromatic nitrogens is 2. The van der Waals surface area contributed by atoms with Gasteiger partial charge in [0.25, 0.3) is 0 Å². The van der Waals surface area contributed by atoms with Crippen molar-refractivity contribution in [2.24, 2.45) is 0 Å². The summed E-state index contributed by atoms with van der Waals surface area (Å²) in [6, 6.07) is 69.0. The van der Waals surface area contributed by atoms with Gasteiger partial charge in [0, 0.05) is 11.8 Å². The van der Waals surface area contributed by atoms with Crippen molar-refractivity contribution in [2.45, 2.75) is 5.41 Å². The third kappa shape index (κ3) is 4.08. The van der Waals surface area contributed by atoms with Gasteiger partial charge in [0.2, 0.25) is 0 Å². The van der Waals surface area contributed by atoms with Crippen LogP contribution in [0.1, 0.15) is 22.3 Å². The van der Waals surface area contributed by atoms with E-state index in [-0.39, 0.29) is 0 Å². The van der Waals surface area contributed by atoms with E-state index in [1.807, 2.05) is 30.5 Å². The van der Waals surface area contributed by atoms with E-state index in [2.05, 4.69) is 169 Å². The fourth-order valence-corrected chi connectivity index (χ4v) is 10.00. The number of fused-ring (bicyclic) bond motifs is 17. The lowest BCUT2D eigenvalue weighted by Gasteiger charge is -2.32. The minimum absolute atomic E-state index is 0.517. The normalized spacial score (nSPS) is 13.2. The number of hydrogen-bond acceptors (Lipinski definition) is 2. The van der Waals surface area contributed by atoms with E-state index < -0.39 is 5.41 Å². The number of rotatable bonds is 3. The second-order valence-corrected chi connectivity index (χ2v) is 14.8. The molecule has 10 aromatic rings. The predicted octanol–water partition coefficient (Wildman–Crippen LogP) is 13.3. The maximum atomic E-state index is 5.10. The highest BCUT2D eigenvalue weighted by atomic mass is 14.8. The monoisotopic (exact) mass is 696 g/mol. The molecule has 0 unspecified atom stereocenters. The molecule has 55 heavy (non-hydrogen) atoms. The molecule has 0 bridgehead atoms. The van der Waals surface area contributed by atoms with Gasteiger partial charge in [-0.25, -0.2) is 4.98 Å². The van der Waals surface area contributed by atoms with Crippen molar-refractivity contribution in [1.29, 1.82) is 0 Å². The molecule has 2 heterocycles. The fourth-order valence-electron chi connectivity index (χ4n) is 10.00. The van der Waals surface area contributed by atoms with Crippen LogP contribution in [0.2, 0.25) is 0 Å². The SMILES string of the molecule is c1ccc(-c2cccc(-c3cccc(-c4cc5c(c6ccccc46)-c4c(c6ccccc6c6ccccc46)C54c5ccccc5-c5ccccc54)c3)n2)nc1. The zero-order chi connectivity index (χ0) is 36.1. The minimum Gasteiger partial charge on any atom is -0.255 e. The van der Waals surface area contributed by atoms with Gasteiger partial charge < -0.3 is 0 Å². The third-order valence-electron chi connectivity index (χ3n) is 12.1. The maximum Gasteiger partial charge on any atom is 0.0893 e. The van der Waals surface area contributed by atoms with Crippen LogP contribution in [0.3, 0.4) is 0 Å². The van der Waals surface area contributed by atoms with Gasteiger partial charge in [-0.05, 0) is 124 Å². The Balaban J connectivity index is 1.21. The van der Waals surface area contributed by atoms with E-state index >= 15 is 0 Å². The lowest BCUT2D eigenvalue weighted by molar-refractivity contribution is 0.803. The summed E-state index contributed by atoms with van der Waals surface area (Å²) in [4.78, 5) is 9.67. The van der Waals surface area contributed by atoms with Crippen molar-refractivity contribution in [2.75, 3.05) is 0 Å². The van der Waals surface area contributed by atoms with E-state index in [1.165, 1.54) is 88.0 Å². The first-order valence-electron chi connectivity index (χ1n) is 19.0. The average molecular weight is 697 g/mol. The van der Waals surface area contributed by atoms with Crippen LogP contribution in [0.15, 0.2) is 194 Å². The van der Waals surface area contributed by atoms with Gasteiger partial charge in [-0.2, -0.15) is 0 Å². The number of benzene rings is 8. The predicted molar refractivity (Wildman–Crippen MR) is 227 cm³/mol. The molecule has 0 N–H and O–H groups in total.